The highest BCUT2D eigenvalue weighted by molar-refractivity contribution is 6.30. The molecule has 4 N–H and O–H groups in total. The number of para-hydroxylation sites is 1. The van der Waals surface area contributed by atoms with E-state index in [1.807, 2.05) is 23.1 Å². The number of primary amides is 1. The summed E-state index contributed by atoms with van der Waals surface area (Å²) in [6.45, 7) is 2.91. The van der Waals surface area contributed by atoms with Crippen molar-refractivity contribution in [2.45, 2.75) is 38.4 Å². The molecular formula is C22H25ClN4O3. The number of nitrogens with zero attached hydrogens (tertiary/aromatic N) is 1. The van der Waals surface area contributed by atoms with Gasteiger partial charge in [-0.2, -0.15) is 0 Å². The van der Waals surface area contributed by atoms with Crippen molar-refractivity contribution in [3.05, 3.63) is 64.7 Å². The van der Waals surface area contributed by atoms with Gasteiger partial charge in [0.1, 0.15) is 6.04 Å². The Morgan fingerprint density at radius 3 is 2.57 bits per heavy atom. The van der Waals surface area contributed by atoms with Gasteiger partial charge in [-0.1, -0.05) is 29.8 Å². The normalized spacial score (nSPS) is 17.3. The minimum Gasteiger partial charge on any atom is -0.368 e. The van der Waals surface area contributed by atoms with E-state index in [0.29, 0.717) is 22.8 Å². The van der Waals surface area contributed by atoms with Crippen molar-refractivity contribution in [3.63, 3.8) is 0 Å². The third-order valence-electron chi connectivity index (χ3n) is 5.19. The molecule has 1 aliphatic heterocycles. The second kappa shape index (κ2) is 9.73. The molecule has 2 atom stereocenters. The van der Waals surface area contributed by atoms with Gasteiger partial charge in [-0.05, 0) is 62.2 Å². The molecule has 2 aromatic rings. The van der Waals surface area contributed by atoms with Gasteiger partial charge in [0.2, 0.25) is 11.8 Å². The molecule has 2 unspecified atom stereocenters. The summed E-state index contributed by atoms with van der Waals surface area (Å²) in [5.41, 5.74) is 7.46. The molecule has 158 valence electrons. The monoisotopic (exact) mass is 428 g/mol. The molecule has 3 rings (SSSR count). The first-order chi connectivity index (χ1) is 14.3. The van der Waals surface area contributed by atoms with Crippen molar-refractivity contribution in [3.8, 4) is 0 Å². The smallest absolute Gasteiger partial charge is 0.251 e. The van der Waals surface area contributed by atoms with Crippen LogP contribution >= 0.6 is 11.6 Å². The van der Waals surface area contributed by atoms with Crippen LogP contribution in [0.5, 0.6) is 0 Å². The highest BCUT2D eigenvalue weighted by Gasteiger charge is 2.29. The molecule has 0 aliphatic carbocycles. The zero-order valence-electron chi connectivity index (χ0n) is 16.7. The van der Waals surface area contributed by atoms with E-state index in [2.05, 4.69) is 10.6 Å². The number of hydrogen-bond donors (Lipinski definition) is 3. The van der Waals surface area contributed by atoms with Crippen LogP contribution in [0.3, 0.4) is 0 Å². The van der Waals surface area contributed by atoms with Crippen LogP contribution in [-0.4, -0.2) is 41.2 Å². The number of hydrogen-bond acceptors (Lipinski definition) is 4. The second-order valence-electron chi connectivity index (χ2n) is 7.38. The molecule has 0 aromatic heterocycles. The Kier molecular flexibility index (Phi) is 7.07. The lowest BCUT2D eigenvalue weighted by atomic mass is 10.1. The van der Waals surface area contributed by atoms with Crippen LogP contribution in [0, 0.1) is 0 Å². The summed E-state index contributed by atoms with van der Waals surface area (Å²) < 4.78 is 0. The summed E-state index contributed by atoms with van der Waals surface area (Å²) in [4.78, 5) is 38.7. The summed E-state index contributed by atoms with van der Waals surface area (Å²) in [6.07, 6.45) is 1.66. The topological polar surface area (TPSA) is 105 Å². The van der Waals surface area contributed by atoms with Crippen molar-refractivity contribution in [1.29, 1.82) is 0 Å². The number of amides is 3. The van der Waals surface area contributed by atoms with Crippen molar-refractivity contribution >= 4 is 35.0 Å². The van der Waals surface area contributed by atoms with Gasteiger partial charge in [0.25, 0.3) is 5.91 Å². The minimum absolute atomic E-state index is 0.286. The minimum atomic E-state index is -0.744. The van der Waals surface area contributed by atoms with E-state index in [1.165, 1.54) is 0 Å². The Balaban J connectivity index is 1.64. The zero-order chi connectivity index (χ0) is 21.7. The fourth-order valence-electron chi connectivity index (χ4n) is 3.52. The van der Waals surface area contributed by atoms with Gasteiger partial charge in [0, 0.05) is 22.8 Å². The van der Waals surface area contributed by atoms with E-state index in [-0.39, 0.29) is 23.8 Å². The van der Waals surface area contributed by atoms with Crippen LogP contribution in [0.1, 0.15) is 35.7 Å². The van der Waals surface area contributed by atoms with E-state index in [1.54, 1.807) is 37.3 Å². The molecular weight excluding hydrogens is 404 g/mol. The first-order valence-electron chi connectivity index (χ1n) is 9.83. The Morgan fingerprint density at radius 1 is 1.17 bits per heavy atom. The molecule has 0 spiro atoms. The largest absolute Gasteiger partial charge is 0.368 e. The number of carbonyl (C=O) groups is 3. The van der Waals surface area contributed by atoms with Crippen molar-refractivity contribution in [2.24, 2.45) is 5.73 Å². The molecule has 1 saturated heterocycles. The zero-order valence-corrected chi connectivity index (χ0v) is 17.5. The van der Waals surface area contributed by atoms with Gasteiger partial charge < -0.3 is 16.4 Å². The van der Waals surface area contributed by atoms with Gasteiger partial charge in [0.15, 0.2) is 0 Å². The van der Waals surface area contributed by atoms with E-state index in [9.17, 15) is 14.4 Å². The van der Waals surface area contributed by atoms with Gasteiger partial charge in [-0.25, -0.2) is 0 Å². The molecule has 3 amide bonds. The van der Waals surface area contributed by atoms with Crippen LogP contribution in [0.4, 0.5) is 5.69 Å². The predicted molar refractivity (Wildman–Crippen MR) is 116 cm³/mol. The highest BCUT2D eigenvalue weighted by atomic mass is 35.5. The molecule has 0 saturated carbocycles. The SMILES string of the molecule is CC(NC(=O)c1ccc(Cl)cc1)C(=O)Nc1ccccc1CN1CCCC1C(N)=O. The second-order valence-corrected chi connectivity index (χ2v) is 7.82. The molecule has 1 fully saturated rings. The first kappa shape index (κ1) is 21.8. The summed E-state index contributed by atoms with van der Waals surface area (Å²) in [6, 6.07) is 12.8. The van der Waals surface area contributed by atoms with Crippen LogP contribution in [-0.2, 0) is 16.1 Å². The van der Waals surface area contributed by atoms with Crippen LogP contribution in [0.25, 0.3) is 0 Å². The summed E-state index contributed by atoms with van der Waals surface area (Å²) in [5, 5.41) is 6.09. The first-order valence-corrected chi connectivity index (χ1v) is 10.2. The number of benzene rings is 2. The quantitative estimate of drug-likeness (QED) is 0.630. The maximum absolute atomic E-state index is 12.7. The summed E-state index contributed by atoms with van der Waals surface area (Å²) >= 11 is 5.84. The van der Waals surface area contributed by atoms with Gasteiger partial charge in [-0.15, -0.1) is 0 Å². The third kappa shape index (κ3) is 5.37. The molecule has 0 bridgehead atoms. The van der Waals surface area contributed by atoms with Gasteiger partial charge in [-0.3, -0.25) is 19.3 Å². The number of halogens is 1. The van der Waals surface area contributed by atoms with Crippen molar-refractivity contribution < 1.29 is 14.4 Å². The van der Waals surface area contributed by atoms with E-state index >= 15 is 0 Å². The standard InChI is InChI=1S/C22H25ClN4O3/c1-14(25-22(30)15-8-10-17(23)11-9-15)21(29)26-18-6-3-2-5-16(18)13-27-12-4-7-19(27)20(24)28/h2-3,5-6,8-11,14,19H,4,7,12-13H2,1H3,(H2,24,28)(H,25,30)(H,26,29). The van der Waals surface area contributed by atoms with Crippen LogP contribution in [0.2, 0.25) is 5.02 Å². The fourth-order valence-corrected chi connectivity index (χ4v) is 3.65. The number of likely N-dealkylation sites (tertiary alicyclic amines) is 1. The van der Waals surface area contributed by atoms with Gasteiger partial charge >= 0.3 is 0 Å². The van der Waals surface area contributed by atoms with Crippen LogP contribution in [0.15, 0.2) is 48.5 Å². The lowest BCUT2D eigenvalue weighted by molar-refractivity contribution is -0.122. The molecule has 1 heterocycles. The number of rotatable bonds is 7. The number of nitrogens with two attached hydrogens (primary N) is 1. The highest BCUT2D eigenvalue weighted by Crippen LogP contribution is 2.24. The molecule has 1 aliphatic rings. The lowest BCUT2D eigenvalue weighted by Crippen LogP contribution is -2.42. The van der Waals surface area contributed by atoms with Crippen molar-refractivity contribution in [1.82, 2.24) is 10.2 Å². The van der Waals surface area contributed by atoms with E-state index < -0.39 is 6.04 Å². The Hall–Kier alpha value is -2.90. The average molecular weight is 429 g/mol. The molecule has 8 heteroatoms. The molecule has 0 radical (unpaired) electrons. The van der Waals surface area contributed by atoms with Crippen molar-refractivity contribution in [2.75, 3.05) is 11.9 Å². The maximum Gasteiger partial charge on any atom is 0.251 e. The maximum atomic E-state index is 12.7. The fraction of sp³-hybridized carbons (Fsp3) is 0.318. The Bertz CT molecular complexity index is 932. The Morgan fingerprint density at radius 2 is 1.87 bits per heavy atom. The molecule has 7 nitrogen and oxygen atoms in total. The third-order valence-corrected chi connectivity index (χ3v) is 5.44. The van der Waals surface area contributed by atoms with E-state index in [4.69, 9.17) is 17.3 Å². The predicted octanol–water partition coefficient (Wildman–Crippen LogP) is 2.55. The molecule has 2 aromatic carbocycles. The number of nitrogens with one attached hydrogen (secondary N) is 2. The lowest BCUT2D eigenvalue weighted by Gasteiger charge is -2.23. The van der Waals surface area contributed by atoms with Crippen LogP contribution < -0.4 is 16.4 Å². The average Bonchev–Trinajstić information content (AvgIpc) is 3.18. The number of anilines is 1. The summed E-state index contributed by atoms with van der Waals surface area (Å²) in [7, 11) is 0. The van der Waals surface area contributed by atoms with E-state index in [0.717, 1.165) is 24.9 Å². The molecule has 30 heavy (non-hydrogen) atoms. The number of carbonyl (C=O) groups excluding carboxylic acids is 3. The van der Waals surface area contributed by atoms with Gasteiger partial charge in [0.05, 0.1) is 6.04 Å². The summed E-state index contributed by atoms with van der Waals surface area (Å²) in [5.74, 6) is -1.02. The Labute approximate surface area is 180 Å².